The predicted octanol–water partition coefficient (Wildman–Crippen LogP) is 6.50. The molecule has 1 aliphatic rings. The number of benzene rings is 2. The molecule has 4 aromatic rings. The average molecular weight is 536 g/mol. The van der Waals surface area contributed by atoms with Crippen molar-refractivity contribution in [2.45, 2.75) is 51.1 Å². The molecule has 1 amide bonds. The number of alkyl halides is 3. The van der Waals surface area contributed by atoms with Crippen molar-refractivity contribution >= 4 is 22.8 Å². The van der Waals surface area contributed by atoms with Gasteiger partial charge in [0.25, 0.3) is 0 Å². The lowest BCUT2D eigenvalue weighted by atomic mass is 9.76. The van der Waals surface area contributed by atoms with Crippen molar-refractivity contribution in [3.05, 3.63) is 83.8 Å². The van der Waals surface area contributed by atoms with Gasteiger partial charge in [-0.1, -0.05) is 31.5 Å². The molecule has 2 aromatic carbocycles. The van der Waals surface area contributed by atoms with Crippen molar-refractivity contribution in [1.29, 1.82) is 0 Å². The zero-order valence-corrected chi connectivity index (χ0v) is 21.8. The van der Waals surface area contributed by atoms with Crippen LogP contribution in [-0.4, -0.2) is 33.5 Å². The van der Waals surface area contributed by atoms with E-state index in [0.29, 0.717) is 12.0 Å². The van der Waals surface area contributed by atoms with Gasteiger partial charge in [-0.05, 0) is 91.7 Å². The first kappa shape index (κ1) is 26.9. The second kappa shape index (κ2) is 11.6. The lowest BCUT2D eigenvalue weighted by Gasteiger charge is -2.32. The number of pyridine rings is 1. The van der Waals surface area contributed by atoms with Crippen molar-refractivity contribution < 1.29 is 18.0 Å². The van der Waals surface area contributed by atoms with Gasteiger partial charge in [0.2, 0.25) is 5.91 Å². The van der Waals surface area contributed by atoms with E-state index >= 15 is 0 Å². The lowest BCUT2D eigenvalue weighted by Crippen LogP contribution is -2.31. The summed E-state index contributed by atoms with van der Waals surface area (Å²) >= 11 is 0. The molecule has 1 atom stereocenters. The normalized spacial score (nSPS) is 15.4. The highest BCUT2D eigenvalue weighted by molar-refractivity contribution is 5.92. The molecule has 39 heavy (non-hydrogen) atoms. The summed E-state index contributed by atoms with van der Waals surface area (Å²) in [4.78, 5) is 21.5. The molecule has 1 aliphatic heterocycles. The number of aromatic nitrogens is 3. The summed E-state index contributed by atoms with van der Waals surface area (Å²) in [6.07, 6.45) is 2.19. The third-order valence-electron chi connectivity index (χ3n) is 7.48. The quantitative estimate of drug-likeness (QED) is 0.270. The Labute approximate surface area is 225 Å². The fourth-order valence-electron chi connectivity index (χ4n) is 5.61. The van der Waals surface area contributed by atoms with Gasteiger partial charge in [-0.25, -0.2) is 9.97 Å². The van der Waals surface area contributed by atoms with Crippen LogP contribution < -0.4 is 10.6 Å². The predicted molar refractivity (Wildman–Crippen MR) is 146 cm³/mol. The van der Waals surface area contributed by atoms with E-state index in [9.17, 15) is 18.0 Å². The summed E-state index contributed by atoms with van der Waals surface area (Å²) in [5.74, 6) is -0.312. The number of carbonyl (C=O) groups excluding carboxylic acids is 1. The Bertz CT molecular complexity index is 1420. The fourth-order valence-corrected chi connectivity index (χ4v) is 5.61. The molecule has 6 nitrogen and oxygen atoms in total. The minimum atomic E-state index is -4.50. The number of imidazole rings is 1. The average Bonchev–Trinajstić information content (AvgIpc) is 3.36. The molecule has 204 valence electrons. The molecule has 9 heteroatoms. The topological polar surface area (TPSA) is 71.8 Å². The van der Waals surface area contributed by atoms with Gasteiger partial charge in [0.1, 0.15) is 11.8 Å². The Hall–Kier alpha value is -3.72. The van der Waals surface area contributed by atoms with Crippen LogP contribution in [0.15, 0.2) is 67.1 Å². The van der Waals surface area contributed by atoms with Crippen LogP contribution in [0.2, 0.25) is 0 Å². The number of carbonyl (C=O) groups is 1. The number of halogens is 3. The number of hydrogen-bond donors (Lipinski definition) is 2. The Morgan fingerprint density at radius 2 is 1.87 bits per heavy atom. The van der Waals surface area contributed by atoms with Crippen molar-refractivity contribution in [3.8, 4) is 5.69 Å². The maximum Gasteiger partial charge on any atom is 0.416 e. The Kier molecular flexibility index (Phi) is 7.97. The number of anilines is 1. The molecule has 0 spiro atoms. The summed E-state index contributed by atoms with van der Waals surface area (Å²) in [6.45, 7) is 3.67. The van der Waals surface area contributed by atoms with Crippen molar-refractivity contribution in [2.24, 2.45) is 5.92 Å². The van der Waals surface area contributed by atoms with E-state index in [1.807, 2.05) is 47.9 Å². The van der Waals surface area contributed by atoms with Crippen LogP contribution in [0.3, 0.4) is 0 Å². The molecule has 1 unspecified atom stereocenters. The van der Waals surface area contributed by atoms with Crippen molar-refractivity contribution in [2.75, 3.05) is 18.4 Å². The molecule has 5 rings (SSSR count). The molecule has 2 aromatic heterocycles. The zero-order chi connectivity index (χ0) is 27.4. The number of nitrogens with zero attached hydrogens (tertiary/aromatic N) is 3. The lowest BCUT2D eigenvalue weighted by molar-refractivity contribution is -0.138. The number of nitrogens with one attached hydrogen (secondary N) is 2. The second-order valence-electron chi connectivity index (χ2n) is 10.1. The van der Waals surface area contributed by atoms with Crippen molar-refractivity contribution in [3.63, 3.8) is 0 Å². The third-order valence-corrected chi connectivity index (χ3v) is 7.48. The maximum atomic E-state index is 14.2. The van der Waals surface area contributed by atoms with Gasteiger partial charge in [-0.3, -0.25) is 9.36 Å². The first-order chi connectivity index (χ1) is 18.8. The number of fused-ring (bicyclic) bond motifs is 1. The standard InChI is InChI=1S/C30H32F3N5O/c1-2-4-24(21-12-15-34-16-13-21)25-11-8-22(18-26(25)30(31,32)33)37-28(39)17-20-6-9-23(10-7-20)38-19-36-27-5-3-14-35-29(27)38/h3,5-11,14,18-19,21,24,34H,2,4,12-13,15-17H2,1H3,(H,37,39). The molecule has 0 radical (unpaired) electrons. The van der Waals surface area contributed by atoms with Gasteiger partial charge in [0, 0.05) is 17.6 Å². The van der Waals surface area contributed by atoms with Crippen LogP contribution in [0.1, 0.15) is 55.2 Å². The molecule has 3 heterocycles. The van der Waals surface area contributed by atoms with Crippen LogP contribution in [0, 0.1) is 5.92 Å². The van der Waals surface area contributed by atoms with E-state index in [2.05, 4.69) is 20.6 Å². The molecule has 1 fully saturated rings. The summed E-state index contributed by atoms with van der Waals surface area (Å²) in [6, 6.07) is 15.3. The molecule has 1 saturated heterocycles. The SMILES string of the molecule is CCCC(c1ccc(NC(=O)Cc2ccc(-n3cnc4cccnc43)cc2)cc1C(F)(F)F)C1CCNCC1. The molecule has 0 bridgehead atoms. The minimum Gasteiger partial charge on any atom is -0.326 e. The summed E-state index contributed by atoms with van der Waals surface area (Å²) in [5.41, 5.74) is 2.95. The molecule has 0 saturated carbocycles. The van der Waals surface area contributed by atoms with E-state index in [0.717, 1.165) is 60.8 Å². The fraction of sp³-hybridized carbons (Fsp3) is 0.367. The Balaban J connectivity index is 1.31. The summed E-state index contributed by atoms with van der Waals surface area (Å²) < 4.78 is 44.4. The van der Waals surface area contributed by atoms with Crippen LogP contribution in [-0.2, 0) is 17.4 Å². The van der Waals surface area contributed by atoms with E-state index in [4.69, 9.17) is 0 Å². The van der Waals surface area contributed by atoms with E-state index in [1.54, 1.807) is 24.7 Å². The van der Waals surface area contributed by atoms with Gasteiger partial charge < -0.3 is 10.6 Å². The van der Waals surface area contributed by atoms with Crippen molar-refractivity contribution in [1.82, 2.24) is 19.9 Å². The molecule has 0 aliphatic carbocycles. The minimum absolute atomic E-state index is 0.0415. The smallest absolute Gasteiger partial charge is 0.326 e. The van der Waals surface area contributed by atoms with Gasteiger partial charge >= 0.3 is 6.18 Å². The van der Waals surface area contributed by atoms with E-state index in [-0.39, 0.29) is 29.9 Å². The largest absolute Gasteiger partial charge is 0.416 e. The summed E-state index contributed by atoms with van der Waals surface area (Å²) in [5, 5.41) is 5.97. The molecular formula is C30H32F3N5O. The second-order valence-corrected chi connectivity index (χ2v) is 10.1. The summed E-state index contributed by atoms with van der Waals surface area (Å²) in [7, 11) is 0. The molecule has 2 N–H and O–H groups in total. The number of piperidine rings is 1. The first-order valence-electron chi connectivity index (χ1n) is 13.4. The number of hydrogen-bond acceptors (Lipinski definition) is 4. The van der Waals surface area contributed by atoms with Crippen LogP contribution in [0.5, 0.6) is 0 Å². The highest BCUT2D eigenvalue weighted by atomic mass is 19.4. The Morgan fingerprint density at radius 1 is 1.10 bits per heavy atom. The zero-order valence-electron chi connectivity index (χ0n) is 21.8. The van der Waals surface area contributed by atoms with Crippen LogP contribution in [0.4, 0.5) is 18.9 Å². The Morgan fingerprint density at radius 3 is 2.59 bits per heavy atom. The van der Waals surface area contributed by atoms with E-state index < -0.39 is 11.7 Å². The van der Waals surface area contributed by atoms with Gasteiger partial charge in [-0.15, -0.1) is 0 Å². The maximum absolute atomic E-state index is 14.2. The van der Waals surface area contributed by atoms with E-state index in [1.165, 1.54) is 0 Å². The van der Waals surface area contributed by atoms with Gasteiger partial charge in [0.15, 0.2) is 5.65 Å². The third kappa shape index (κ3) is 6.14. The van der Waals surface area contributed by atoms with Crippen LogP contribution in [0.25, 0.3) is 16.9 Å². The van der Waals surface area contributed by atoms with Crippen LogP contribution >= 0.6 is 0 Å². The monoisotopic (exact) mass is 535 g/mol. The van der Waals surface area contributed by atoms with Gasteiger partial charge in [-0.2, -0.15) is 13.2 Å². The number of amides is 1. The van der Waals surface area contributed by atoms with Gasteiger partial charge in [0.05, 0.1) is 12.0 Å². The number of rotatable bonds is 8. The molecular weight excluding hydrogens is 503 g/mol. The first-order valence-corrected chi connectivity index (χ1v) is 13.4. The highest BCUT2D eigenvalue weighted by Gasteiger charge is 2.37. The highest BCUT2D eigenvalue weighted by Crippen LogP contribution is 2.43.